The van der Waals surface area contributed by atoms with Crippen molar-refractivity contribution in [1.29, 1.82) is 0 Å². The number of nitrogens with one attached hydrogen (secondary N) is 1. The van der Waals surface area contributed by atoms with Crippen LogP contribution in [0.5, 0.6) is 0 Å². The predicted octanol–water partition coefficient (Wildman–Crippen LogP) is 4.67. The minimum Gasteiger partial charge on any atom is -0.377 e. The van der Waals surface area contributed by atoms with Crippen LogP contribution >= 0.6 is 0 Å². The third kappa shape index (κ3) is 3.45. The number of anilines is 2. The van der Waals surface area contributed by atoms with Gasteiger partial charge in [0.15, 0.2) is 0 Å². The third-order valence-corrected chi connectivity index (χ3v) is 6.17. The molecule has 1 aromatic heterocycles. The Hall–Kier alpha value is -3.32. The molecule has 6 nitrogen and oxygen atoms in total. The summed E-state index contributed by atoms with van der Waals surface area (Å²) in [5, 5.41) is 5.46. The van der Waals surface area contributed by atoms with Crippen molar-refractivity contribution in [3.63, 3.8) is 0 Å². The summed E-state index contributed by atoms with van der Waals surface area (Å²) < 4.78 is 34.5. The van der Waals surface area contributed by atoms with Crippen LogP contribution in [-0.4, -0.2) is 27.7 Å². The van der Waals surface area contributed by atoms with E-state index in [1.54, 1.807) is 25.1 Å². The fourth-order valence-electron chi connectivity index (χ4n) is 3.45. The number of sulfonamides is 1. The summed E-state index contributed by atoms with van der Waals surface area (Å²) in [6.45, 7) is 1.78. The number of nitrogens with zero attached hydrogens (tertiary/aromatic N) is 2. The van der Waals surface area contributed by atoms with Gasteiger partial charge in [0, 0.05) is 30.6 Å². The first-order chi connectivity index (χ1) is 13.9. The Morgan fingerprint density at radius 3 is 2.31 bits per heavy atom. The van der Waals surface area contributed by atoms with E-state index < -0.39 is 10.0 Å². The van der Waals surface area contributed by atoms with Crippen molar-refractivity contribution in [1.82, 2.24) is 5.16 Å². The van der Waals surface area contributed by atoms with E-state index in [4.69, 9.17) is 4.52 Å². The molecule has 3 aromatic carbocycles. The zero-order valence-electron chi connectivity index (χ0n) is 16.4. The maximum atomic E-state index is 13.3. The molecule has 0 fully saturated rings. The molecule has 148 valence electrons. The van der Waals surface area contributed by atoms with Crippen LogP contribution in [0.1, 0.15) is 5.69 Å². The summed E-state index contributed by atoms with van der Waals surface area (Å²) in [5.41, 5.74) is 3.02. The Labute approximate surface area is 169 Å². The number of benzene rings is 3. The molecule has 0 spiro atoms. The topological polar surface area (TPSA) is 75.4 Å². The number of fused-ring (bicyclic) bond motifs is 1. The maximum Gasteiger partial charge on any atom is 0.264 e. The average Bonchev–Trinajstić information content (AvgIpc) is 3.06. The van der Waals surface area contributed by atoms with Gasteiger partial charge in [-0.2, -0.15) is 0 Å². The third-order valence-electron chi connectivity index (χ3n) is 4.78. The molecule has 4 aromatic rings. The molecule has 0 radical (unpaired) electrons. The lowest BCUT2D eigenvalue weighted by atomic mass is 10.1. The highest BCUT2D eigenvalue weighted by Crippen LogP contribution is 2.35. The van der Waals surface area contributed by atoms with Gasteiger partial charge in [-0.25, -0.2) is 13.1 Å². The molecule has 0 saturated carbocycles. The molecule has 0 amide bonds. The number of aryl methyl sites for hydroxylation is 1. The van der Waals surface area contributed by atoms with Crippen LogP contribution < -0.4 is 9.62 Å². The molecule has 0 unspecified atom stereocenters. The standard InChI is InChI=1S/C22H21N3O3S/c1-15-21(16-9-5-4-6-10-16)22(28-23-15)24-29(26,27)20-14-8-11-17-18(20)12-7-13-19(17)25(2)3/h4-14,24H,1-3H3. The zero-order valence-corrected chi connectivity index (χ0v) is 17.2. The van der Waals surface area contributed by atoms with E-state index in [2.05, 4.69) is 9.88 Å². The fourth-order valence-corrected chi connectivity index (χ4v) is 4.67. The lowest BCUT2D eigenvalue weighted by Crippen LogP contribution is -2.14. The van der Waals surface area contributed by atoms with Gasteiger partial charge < -0.3 is 9.42 Å². The first-order valence-corrected chi connectivity index (χ1v) is 10.6. The number of hydrogen-bond acceptors (Lipinski definition) is 5. The molecular formula is C22H21N3O3S. The monoisotopic (exact) mass is 407 g/mol. The first-order valence-electron chi connectivity index (χ1n) is 9.12. The molecule has 0 aliphatic carbocycles. The number of hydrogen-bond donors (Lipinski definition) is 1. The Balaban J connectivity index is 1.82. The van der Waals surface area contributed by atoms with Gasteiger partial charge in [0.05, 0.1) is 16.2 Å². The van der Waals surface area contributed by atoms with E-state index in [-0.39, 0.29) is 10.8 Å². The summed E-state index contributed by atoms with van der Waals surface area (Å²) in [5.74, 6) is 0.106. The Morgan fingerprint density at radius 1 is 0.897 bits per heavy atom. The molecule has 1 heterocycles. The molecule has 29 heavy (non-hydrogen) atoms. The van der Waals surface area contributed by atoms with Crippen LogP contribution in [0.2, 0.25) is 0 Å². The van der Waals surface area contributed by atoms with Gasteiger partial charge in [-0.1, -0.05) is 59.8 Å². The molecular weight excluding hydrogens is 386 g/mol. The Morgan fingerprint density at radius 2 is 1.59 bits per heavy atom. The van der Waals surface area contributed by atoms with Crippen LogP contribution in [0.3, 0.4) is 0 Å². The molecule has 7 heteroatoms. The van der Waals surface area contributed by atoms with Crippen molar-refractivity contribution in [2.75, 3.05) is 23.7 Å². The van der Waals surface area contributed by atoms with Crippen molar-refractivity contribution in [3.05, 3.63) is 72.4 Å². The molecule has 0 aliphatic rings. The first kappa shape index (κ1) is 19.0. The summed E-state index contributed by atoms with van der Waals surface area (Å²) in [4.78, 5) is 2.14. The zero-order chi connectivity index (χ0) is 20.6. The van der Waals surface area contributed by atoms with Crippen LogP contribution in [0.4, 0.5) is 11.6 Å². The lowest BCUT2D eigenvalue weighted by Gasteiger charge is -2.17. The number of rotatable bonds is 5. The van der Waals surface area contributed by atoms with Crippen molar-refractivity contribution in [2.24, 2.45) is 0 Å². The average molecular weight is 407 g/mol. The molecule has 0 bridgehead atoms. The second-order valence-corrected chi connectivity index (χ2v) is 8.62. The van der Waals surface area contributed by atoms with Crippen molar-refractivity contribution in [2.45, 2.75) is 11.8 Å². The minimum atomic E-state index is -3.90. The fraction of sp³-hybridized carbons (Fsp3) is 0.136. The van der Waals surface area contributed by atoms with Crippen LogP contribution in [0.25, 0.3) is 21.9 Å². The van der Waals surface area contributed by atoms with Crippen molar-refractivity contribution >= 4 is 32.4 Å². The molecule has 0 atom stereocenters. The van der Waals surface area contributed by atoms with Crippen molar-refractivity contribution in [3.8, 4) is 11.1 Å². The molecule has 1 N–H and O–H groups in total. The van der Waals surface area contributed by atoms with Crippen LogP contribution in [0, 0.1) is 6.92 Å². The van der Waals surface area contributed by atoms with Gasteiger partial charge in [0.25, 0.3) is 10.0 Å². The highest BCUT2D eigenvalue weighted by Gasteiger charge is 2.24. The Bertz CT molecular complexity index is 1280. The highest BCUT2D eigenvalue weighted by atomic mass is 32.2. The summed E-state index contributed by atoms with van der Waals surface area (Å²) in [7, 11) is -0.0454. The lowest BCUT2D eigenvalue weighted by molar-refractivity contribution is 0.430. The van der Waals surface area contributed by atoms with E-state index in [0.717, 1.165) is 16.6 Å². The maximum absolute atomic E-state index is 13.3. The van der Waals surface area contributed by atoms with Crippen LogP contribution in [-0.2, 0) is 10.0 Å². The Kier molecular flexibility index (Phi) is 4.76. The number of aromatic nitrogens is 1. The van der Waals surface area contributed by atoms with Gasteiger partial charge >= 0.3 is 0 Å². The van der Waals surface area contributed by atoms with Gasteiger partial charge in [-0.15, -0.1) is 0 Å². The van der Waals surface area contributed by atoms with E-state index in [1.807, 2.05) is 67.5 Å². The normalized spacial score (nSPS) is 11.6. The largest absolute Gasteiger partial charge is 0.377 e. The van der Waals surface area contributed by atoms with Crippen LogP contribution in [0.15, 0.2) is 76.1 Å². The van der Waals surface area contributed by atoms with E-state index in [0.29, 0.717) is 16.6 Å². The quantitative estimate of drug-likeness (QED) is 0.520. The van der Waals surface area contributed by atoms with Gasteiger partial charge in [-0.3, -0.25) is 0 Å². The summed E-state index contributed by atoms with van der Waals surface area (Å²) in [6, 6.07) is 20.3. The van der Waals surface area contributed by atoms with Crippen molar-refractivity contribution < 1.29 is 12.9 Å². The van der Waals surface area contributed by atoms with Gasteiger partial charge in [0.2, 0.25) is 5.88 Å². The smallest absolute Gasteiger partial charge is 0.264 e. The molecule has 0 aliphatic heterocycles. The second kappa shape index (κ2) is 7.25. The van der Waals surface area contributed by atoms with E-state index in [1.165, 1.54) is 0 Å². The molecule has 0 saturated heterocycles. The highest BCUT2D eigenvalue weighted by molar-refractivity contribution is 7.93. The van der Waals surface area contributed by atoms with E-state index >= 15 is 0 Å². The SMILES string of the molecule is Cc1noc(NS(=O)(=O)c2cccc3c(N(C)C)cccc23)c1-c1ccccc1. The van der Waals surface area contributed by atoms with Gasteiger partial charge in [0.1, 0.15) is 0 Å². The molecule has 4 rings (SSSR count). The summed E-state index contributed by atoms with van der Waals surface area (Å²) in [6.07, 6.45) is 0. The van der Waals surface area contributed by atoms with E-state index in [9.17, 15) is 8.42 Å². The second-order valence-electron chi connectivity index (χ2n) is 6.97. The predicted molar refractivity (Wildman–Crippen MR) is 116 cm³/mol. The van der Waals surface area contributed by atoms with Gasteiger partial charge in [-0.05, 0) is 24.6 Å². The minimum absolute atomic E-state index is 0.106. The summed E-state index contributed by atoms with van der Waals surface area (Å²) >= 11 is 0.